The van der Waals surface area contributed by atoms with Crippen LogP contribution < -0.4 is 15.4 Å². The van der Waals surface area contributed by atoms with Crippen molar-refractivity contribution in [3.05, 3.63) is 83.2 Å². The van der Waals surface area contributed by atoms with Gasteiger partial charge in [0.1, 0.15) is 12.4 Å². The number of aryl methyl sites for hydroxylation is 2. The van der Waals surface area contributed by atoms with E-state index in [0.29, 0.717) is 23.9 Å². The predicted octanol–water partition coefficient (Wildman–Crippen LogP) is 3.80. The zero-order valence-corrected chi connectivity index (χ0v) is 16.4. The van der Waals surface area contributed by atoms with Gasteiger partial charge in [-0.25, -0.2) is 9.97 Å². The summed E-state index contributed by atoms with van der Waals surface area (Å²) < 4.78 is 5.76. The number of carbonyl (C=O) groups excluding carboxylic acids is 1. The second-order valence-electron chi connectivity index (χ2n) is 6.18. The van der Waals surface area contributed by atoms with E-state index in [0.717, 1.165) is 17.0 Å². The van der Waals surface area contributed by atoms with Crippen LogP contribution in [0.25, 0.3) is 0 Å². The van der Waals surface area contributed by atoms with Crippen molar-refractivity contribution in [2.45, 2.75) is 20.5 Å². The van der Waals surface area contributed by atoms with Crippen molar-refractivity contribution in [2.75, 3.05) is 5.32 Å². The summed E-state index contributed by atoms with van der Waals surface area (Å²) in [5, 5.41) is 5.59. The highest BCUT2D eigenvalue weighted by molar-refractivity contribution is 7.80. The highest BCUT2D eigenvalue weighted by Crippen LogP contribution is 2.15. The summed E-state index contributed by atoms with van der Waals surface area (Å²) in [7, 11) is 0. The highest BCUT2D eigenvalue weighted by atomic mass is 32.1. The Labute approximate surface area is 169 Å². The zero-order chi connectivity index (χ0) is 19.9. The monoisotopic (exact) mass is 392 g/mol. The van der Waals surface area contributed by atoms with Crippen LogP contribution in [0.2, 0.25) is 0 Å². The van der Waals surface area contributed by atoms with E-state index in [-0.39, 0.29) is 11.0 Å². The molecule has 3 aromatic rings. The van der Waals surface area contributed by atoms with Gasteiger partial charge in [-0.3, -0.25) is 10.1 Å². The Hall–Kier alpha value is -3.32. The number of carbonyl (C=O) groups is 1. The number of hydrogen-bond donors (Lipinski definition) is 2. The van der Waals surface area contributed by atoms with Crippen LogP contribution in [0.3, 0.4) is 0 Å². The molecule has 0 unspecified atom stereocenters. The Kier molecular flexibility index (Phi) is 6.29. The van der Waals surface area contributed by atoms with Crippen LogP contribution in [0.5, 0.6) is 5.75 Å². The lowest BCUT2D eigenvalue weighted by Gasteiger charge is -2.11. The second kappa shape index (κ2) is 9.05. The fourth-order valence-electron chi connectivity index (χ4n) is 2.56. The third-order valence-electron chi connectivity index (χ3n) is 3.78. The molecular formula is C21H20N4O2S. The molecule has 1 aromatic heterocycles. The standard InChI is InChI=1S/C21H20N4O2S/c1-14-11-15(2)23-20(22-14)25-21(28)24-19(26)17-9-6-10-18(12-17)27-13-16-7-4-3-5-8-16/h3-12H,13H2,1-2H3,(H2,22,23,24,25,26,28). The van der Waals surface area contributed by atoms with Gasteiger partial charge in [-0.2, -0.15) is 0 Å². The van der Waals surface area contributed by atoms with Crippen LogP contribution in [0.15, 0.2) is 60.7 Å². The number of amides is 1. The molecule has 6 nitrogen and oxygen atoms in total. The average Bonchev–Trinajstić information content (AvgIpc) is 2.66. The molecule has 0 saturated carbocycles. The Morgan fingerprint density at radius 2 is 1.71 bits per heavy atom. The van der Waals surface area contributed by atoms with Gasteiger partial charge in [-0.15, -0.1) is 0 Å². The molecule has 28 heavy (non-hydrogen) atoms. The number of hydrogen-bond acceptors (Lipinski definition) is 5. The van der Waals surface area contributed by atoms with Gasteiger partial charge in [0.2, 0.25) is 5.95 Å². The molecule has 0 aliphatic rings. The fourth-order valence-corrected chi connectivity index (χ4v) is 2.74. The van der Waals surface area contributed by atoms with E-state index in [2.05, 4.69) is 20.6 Å². The number of benzene rings is 2. The van der Waals surface area contributed by atoms with Crippen molar-refractivity contribution in [1.82, 2.24) is 15.3 Å². The molecule has 7 heteroatoms. The summed E-state index contributed by atoms with van der Waals surface area (Å²) in [6, 6.07) is 18.6. The number of rotatable bonds is 5. The van der Waals surface area contributed by atoms with Gasteiger partial charge in [0, 0.05) is 17.0 Å². The summed E-state index contributed by atoms with van der Waals surface area (Å²) in [5.74, 6) is 0.614. The highest BCUT2D eigenvalue weighted by Gasteiger charge is 2.10. The third kappa shape index (κ3) is 5.59. The predicted molar refractivity (Wildman–Crippen MR) is 112 cm³/mol. The number of nitrogens with zero attached hydrogens (tertiary/aromatic N) is 2. The molecule has 0 fully saturated rings. The maximum atomic E-state index is 12.5. The quantitative estimate of drug-likeness (QED) is 0.643. The maximum absolute atomic E-state index is 12.5. The number of anilines is 1. The molecule has 0 spiro atoms. The van der Waals surface area contributed by atoms with Crippen LogP contribution in [0.1, 0.15) is 27.3 Å². The van der Waals surface area contributed by atoms with Crippen molar-refractivity contribution in [3.8, 4) is 5.75 Å². The Morgan fingerprint density at radius 3 is 2.43 bits per heavy atom. The van der Waals surface area contributed by atoms with Gasteiger partial charge < -0.3 is 10.1 Å². The fraction of sp³-hybridized carbons (Fsp3) is 0.143. The molecule has 0 aliphatic carbocycles. The Balaban J connectivity index is 1.60. The molecule has 0 bridgehead atoms. The molecule has 1 amide bonds. The van der Waals surface area contributed by atoms with E-state index in [1.54, 1.807) is 24.3 Å². The van der Waals surface area contributed by atoms with Crippen molar-refractivity contribution in [2.24, 2.45) is 0 Å². The first-order chi connectivity index (χ1) is 13.5. The van der Waals surface area contributed by atoms with Gasteiger partial charge in [0.25, 0.3) is 5.91 Å². The summed E-state index contributed by atoms with van der Waals surface area (Å²) in [6.45, 7) is 4.15. The summed E-state index contributed by atoms with van der Waals surface area (Å²) in [5.41, 5.74) is 3.12. The Morgan fingerprint density at radius 1 is 1.00 bits per heavy atom. The largest absolute Gasteiger partial charge is 0.489 e. The lowest BCUT2D eigenvalue weighted by Crippen LogP contribution is -2.34. The van der Waals surface area contributed by atoms with Crippen LogP contribution in [0.4, 0.5) is 5.95 Å². The number of nitrogens with one attached hydrogen (secondary N) is 2. The lowest BCUT2D eigenvalue weighted by atomic mass is 10.2. The van der Waals surface area contributed by atoms with Crippen molar-refractivity contribution >= 4 is 29.2 Å². The molecule has 2 N–H and O–H groups in total. The van der Waals surface area contributed by atoms with Gasteiger partial charge >= 0.3 is 0 Å². The third-order valence-corrected chi connectivity index (χ3v) is 3.98. The Bertz CT molecular complexity index is 972. The number of thiocarbonyl (C=S) groups is 1. The number of ether oxygens (including phenoxy) is 1. The van der Waals surface area contributed by atoms with E-state index in [9.17, 15) is 4.79 Å². The van der Waals surface area contributed by atoms with Crippen LogP contribution in [0, 0.1) is 13.8 Å². The molecule has 3 rings (SSSR count). The minimum Gasteiger partial charge on any atom is -0.489 e. The zero-order valence-electron chi connectivity index (χ0n) is 15.6. The minimum absolute atomic E-state index is 0.130. The van der Waals surface area contributed by atoms with Crippen LogP contribution >= 0.6 is 12.2 Å². The second-order valence-corrected chi connectivity index (χ2v) is 6.59. The van der Waals surface area contributed by atoms with Gasteiger partial charge in [-0.05, 0) is 55.9 Å². The van der Waals surface area contributed by atoms with E-state index >= 15 is 0 Å². The van der Waals surface area contributed by atoms with E-state index in [4.69, 9.17) is 17.0 Å². The first-order valence-electron chi connectivity index (χ1n) is 8.71. The normalized spacial score (nSPS) is 10.2. The van der Waals surface area contributed by atoms with Crippen LogP contribution in [-0.2, 0) is 6.61 Å². The summed E-state index contributed by atoms with van der Waals surface area (Å²) in [4.78, 5) is 21.0. The molecular weight excluding hydrogens is 372 g/mol. The van der Waals surface area contributed by atoms with Crippen molar-refractivity contribution in [3.63, 3.8) is 0 Å². The number of aromatic nitrogens is 2. The molecule has 142 valence electrons. The van der Waals surface area contributed by atoms with Crippen molar-refractivity contribution in [1.29, 1.82) is 0 Å². The molecule has 0 radical (unpaired) electrons. The average molecular weight is 392 g/mol. The van der Waals surface area contributed by atoms with E-state index < -0.39 is 0 Å². The maximum Gasteiger partial charge on any atom is 0.257 e. The van der Waals surface area contributed by atoms with Gasteiger partial charge in [0.05, 0.1) is 0 Å². The topological polar surface area (TPSA) is 76.1 Å². The van der Waals surface area contributed by atoms with E-state index in [1.165, 1.54) is 0 Å². The minimum atomic E-state index is -0.341. The van der Waals surface area contributed by atoms with Crippen molar-refractivity contribution < 1.29 is 9.53 Å². The lowest BCUT2D eigenvalue weighted by molar-refractivity contribution is 0.0977. The van der Waals surface area contributed by atoms with Crippen LogP contribution in [-0.4, -0.2) is 21.0 Å². The molecule has 0 aliphatic heterocycles. The SMILES string of the molecule is Cc1cc(C)nc(NC(=S)NC(=O)c2cccc(OCc3ccccc3)c2)n1. The van der Waals surface area contributed by atoms with Gasteiger partial charge in [-0.1, -0.05) is 36.4 Å². The summed E-state index contributed by atoms with van der Waals surface area (Å²) >= 11 is 5.19. The molecule has 1 heterocycles. The summed E-state index contributed by atoms with van der Waals surface area (Å²) in [6.07, 6.45) is 0. The van der Waals surface area contributed by atoms with E-state index in [1.807, 2.05) is 50.2 Å². The molecule has 0 saturated heterocycles. The smallest absolute Gasteiger partial charge is 0.257 e. The molecule has 2 aromatic carbocycles. The van der Waals surface area contributed by atoms with Gasteiger partial charge in [0.15, 0.2) is 5.11 Å². The first-order valence-corrected chi connectivity index (χ1v) is 9.12. The molecule has 0 atom stereocenters. The first kappa shape index (κ1) is 19.4.